The molecule has 1 aliphatic heterocycles. The molecule has 3 amide bonds. The van der Waals surface area contributed by atoms with Crippen LogP contribution in [0.15, 0.2) is 24.3 Å². The molecule has 1 aliphatic rings. The van der Waals surface area contributed by atoms with Gasteiger partial charge in [0.2, 0.25) is 5.91 Å². The summed E-state index contributed by atoms with van der Waals surface area (Å²) in [7, 11) is 3.16. The highest BCUT2D eigenvalue weighted by Gasteiger charge is 2.23. The van der Waals surface area contributed by atoms with Crippen molar-refractivity contribution in [2.24, 2.45) is 0 Å². The van der Waals surface area contributed by atoms with E-state index < -0.39 is 6.03 Å². The van der Waals surface area contributed by atoms with E-state index in [9.17, 15) is 9.59 Å². The molecule has 0 aromatic heterocycles. The zero-order valence-electron chi connectivity index (χ0n) is 14.5. The van der Waals surface area contributed by atoms with Crippen LogP contribution >= 0.6 is 0 Å². The second kappa shape index (κ2) is 8.65. The number of hydrogen-bond acceptors (Lipinski definition) is 5. The Balaban J connectivity index is 1.83. The van der Waals surface area contributed by atoms with Gasteiger partial charge < -0.3 is 10.1 Å². The van der Waals surface area contributed by atoms with Crippen LogP contribution in [0.3, 0.4) is 0 Å². The van der Waals surface area contributed by atoms with Crippen LogP contribution in [0, 0.1) is 0 Å². The SMILES string of the molecule is CNC(=O)NC(=O)CN1CCN([C@@H](C)c2cccc(OC)c2)CC1. The summed E-state index contributed by atoms with van der Waals surface area (Å²) in [5, 5.41) is 4.67. The molecule has 2 rings (SSSR count). The first-order valence-electron chi connectivity index (χ1n) is 8.15. The molecule has 0 saturated carbocycles. The Labute approximate surface area is 142 Å². The maximum Gasteiger partial charge on any atom is 0.321 e. The number of carbonyl (C=O) groups is 2. The summed E-state index contributed by atoms with van der Waals surface area (Å²) in [5.74, 6) is 0.590. The molecule has 1 aromatic rings. The Bertz CT molecular complexity index is 571. The molecule has 0 unspecified atom stereocenters. The number of methoxy groups -OCH3 is 1. The molecule has 24 heavy (non-hydrogen) atoms. The molecule has 0 aliphatic carbocycles. The van der Waals surface area contributed by atoms with Crippen molar-refractivity contribution < 1.29 is 14.3 Å². The Morgan fingerprint density at radius 1 is 1.25 bits per heavy atom. The number of nitrogens with zero attached hydrogens (tertiary/aromatic N) is 2. The smallest absolute Gasteiger partial charge is 0.321 e. The van der Waals surface area contributed by atoms with E-state index >= 15 is 0 Å². The number of hydrogen-bond donors (Lipinski definition) is 2. The summed E-state index contributed by atoms with van der Waals surface area (Å²) in [4.78, 5) is 27.3. The third-order valence-corrected chi connectivity index (χ3v) is 4.38. The lowest BCUT2D eigenvalue weighted by Crippen LogP contribution is -2.51. The Kier molecular flexibility index (Phi) is 6.57. The first-order chi connectivity index (χ1) is 11.5. The van der Waals surface area contributed by atoms with Crippen molar-refractivity contribution in [3.8, 4) is 5.75 Å². The predicted molar refractivity (Wildman–Crippen MR) is 92.0 cm³/mol. The first kappa shape index (κ1) is 18.2. The minimum absolute atomic E-state index is 0.245. The zero-order valence-corrected chi connectivity index (χ0v) is 14.5. The van der Waals surface area contributed by atoms with Gasteiger partial charge in [-0.15, -0.1) is 0 Å². The second-order valence-electron chi connectivity index (χ2n) is 5.89. The second-order valence-corrected chi connectivity index (χ2v) is 5.89. The van der Waals surface area contributed by atoms with Crippen LogP contribution in [-0.4, -0.2) is 68.6 Å². The van der Waals surface area contributed by atoms with Crippen LogP contribution in [0.4, 0.5) is 4.79 Å². The van der Waals surface area contributed by atoms with Crippen molar-refractivity contribution in [1.29, 1.82) is 0 Å². The average Bonchev–Trinajstić information content (AvgIpc) is 2.61. The molecule has 1 fully saturated rings. The molecule has 1 saturated heterocycles. The molecule has 1 heterocycles. The van der Waals surface area contributed by atoms with E-state index in [1.54, 1.807) is 7.11 Å². The van der Waals surface area contributed by atoms with Crippen LogP contribution in [0.1, 0.15) is 18.5 Å². The van der Waals surface area contributed by atoms with Gasteiger partial charge in [0.1, 0.15) is 5.75 Å². The number of ether oxygens (including phenoxy) is 1. The molecule has 1 aromatic carbocycles. The van der Waals surface area contributed by atoms with Crippen molar-refractivity contribution in [1.82, 2.24) is 20.4 Å². The van der Waals surface area contributed by atoms with Crippen LogP contribution in [0.25, 0.3) is 0 Å². The van der Waals surface area contributed by atoms with Gasteiger partial charge in [0, 0.05) is 39.3 Å². The summed E-state index contributed by atoms with van der Waals surface area (Å²) >= 11 is 0. The van der Waals surface area contributed by atoms with E-state index in [1.165, 1.54) is 12.6 Å². The number of piperazine rings is 1. The molecule has 0 spiro atoms. The van der Waals surface area contributed by atoms with Crippen molar-refractivity contribution in [3.05, 3.63) is 29.8 Å². The average molecular weight is 334 g/mol. The van der Waals surface area contributed by atoms with E-state index in [4.69, 9.17) is 4.74 Å². The van der Waals surface area contributed by atoms with Gasteiger partial charge in [-0.1, -0.05) is 12.1 Å². The largest absolute Gasteiger partial charge is 0.497 e. The van der Waals surface area contributed by atoms with Crippen LogP contribution < -0.4 is 15.4 Å². The summed E-state index contributed by atoms with van der Waals surface area (Å²) < 4.78 is 5.29. The van der Waals surface area contributed by atoms with Gasteiger partial charge in [0.15, 0.2) is 0 Å². The number of imide groups is 1. The minimum atomic E-state index is -0.467. The topological polar surface area (TPSA) is 73.9 Å². The zero-order chi connectivity index (χ0) is 17.5. The molecular weight excluding hydrogens is 308 g/mol. The Morgan fingerprint density at radius 2 is 1.96 bits per heavy atom. The number of rotatable bonds is 5. The summed E-state index contributed by atoms with van der Waals surface area (Å²) in [5.41, 5.74) is 1.22. The number of carbonyl (C=O) groups excluding carboxylic acids is 2. The number of benzene rings is 1. The standard InChI is InChI=1S/C17H26N4O3/c1-13(14-5-4-6-15(11-14)24-3)21-9-7-20(8-10-21)12-16(22)19-17(23)18-2/h4-6,11,13H,7-10,12H2,1-3H3,(H2,18,19,22,23)/t13-/m0/s1. The molecule has 7 heteroatoms. The highest BCUT2D eigenvalue weighted by atomic mass is 16.5. The number of urea groups is 1. The predicted octanol–water partition coefficient (Wildman–Crippen LogP) is 0.829. The Hall–Kier alpha value is -2.12. The third kappa shape index (κ3) is 4.94. The van der Waals surface area contributed by atoms with Crippen molar-refractivity contribution in [3.63, 3.8) is 0 Å². The van der Waals surface area contributed by atoms with Crippen molar-refractivity contribution in [2.45, 2.75) is 13.0 Å². The van der Waals surface area contributed by atoms with Gasteiger partial charge in [-0.3, -0.25) is 19.9 Å². The molecule has 2 N–H and O–H groups in total. The molecule has 7 nitrogen and oxygen atoms in total. The first-order valence-corrected chi connectivity index (χ1v) is 8.15. The van der Waals surface area contributed by atoms with Gasteiger partial charge in [0.05, 0.1) is 13.7 Å². The van der Waals surface area contributed by atoms with Gasteiger partial charge in [-0.05, 0) is 24.6 Å². The van der Waals surface area contributed by atoms with E-state index in [-0.39, 0.29) is 12.5 Å². The van der Waals surface area contributed by atoms with Crippen molar-refractivity contribution >= 4 is 11.9 Å². The highest BCUT2D eigenvalue weighted by Crippen LogP contribution is 2.24. The molecule has 132 valence electrons. The normalized spacial score (nSPS) is 17.1. The summed E-state index contributed by atoms with van der Waals surface area (Å²) in [6, 6.07) is 7.94. The molecule has 0 bridgehead atoms. The quantitative estimate of drug-likeness (QED) is 0.834. The van der Waals surface area contributed by atoms with E-state index in [0.717, 1.165) is 31.9 Å². The van der Waals surface area contributed by atoms with Crippen molar-refractivity contribution in [2.75, 3.05) is 46.9 Å². The van der Waals surface area contributed by atoms with Gasteiger partial charge in [0.25, 0.3) is 0 Å². The Morgan fingerprint density at radius 3 is 2.58 bits per heavy atom. The maximum absolute atomic E-state index is 11.7. The minimum Gasteiger partial charge on any atom is -0.497 e. The maximum atomic E-state index is 11.7. The molecular formula is C17H26N4O3. The van der Waals surface area contributed by atoms with Gasteiger partial charge >= 0.3 is 6.03 Å². The van der Waals surface area contributed by atoms with E-state index in [0.29, 0.717) is 6.04 Å². The van der Waals surface area contributed by atoms with Crippen LogP contribution in [0.2, 0.25) is 0 Å². The lowest BCUT2D eigenvalue weighted by molar-refractivity contribution is -0.121. The van der Waals surface area contributed by atoms with Gasteiger partial charge in [-0.2, -0.15) is 0 Å². The fourth-order valence-electron chi connectivity index (χ4n) is 2.85. The van der Waals surface area contributed by atoms with Gasteiger partial charge in [-0.25, -0.2) is 4.79 Å². The fourth-order valence-corrected chi connectivity index (χ4v) is 2.85. The lowest BCUT2D eigenvalue weighted by atomic mass is 10.1. The molecule has 0 radical (unpaired) electrons. The van der Waals surface area contributed by atoms with Crippen LogP contribution in [-0.2, 0) is 4.79 Å². The monoisotopic (exact) mass is 334 g/mol. The van der Waals surface area contributed by atoms with E-state index in [1.807, 2.05) is 12.1 Å². The summed E-state index contributed by atoms with van der Waals surface area (Å²) in [6.07, 6.45) is 0. The number of amides is 3. The third-order valence-electron chi connectivity index (χ3n) is 4.38. The number of nitrogens with one attached hydrogen (secondary N) is 2. The van der Waals surface area contributed by atoms with E-state index in [2.05, 4.69) is 39.5 Å². The summed E-state index contributed by atoms with van der Waals surface area (Å²) in [6.45, 7) is 5.79. The lowest BCUT2D eigenvalue weighted by Gasteiger charge is -2.38. The fraction of sp³-hybridized carbons (Fsp3) is 0.529. The molecule has 1 atom stereocenters. The highest BCUT2D eigenvalue weighted by molar-refractivity contribution is 5.95. The van der Waals surface area contributed by atoms with Crippen LogP contribution in [0.5, 0.6) is 5.75 Å².